The van der Waals surface area contributed by atoms with Gasteiger partial charge in [0.2, 0.25) is 0 Å². The van der Waals surface area contributed by atoms with Gasteiger partial charge in [-0.1, -0.05) is 17.7 Å². The van der Waals surface area contributed by atoms with Crippen LogP contribution in [0.25, 0.3) is 0 Å². The molecule has 0 bridgehead atoms. The van der Waals surface area contributed by atoms with E-state index in [1.807, 2.05) is 12.1 Å². The molecule has 0 unspecified atom stereocenters. The molecule has 0 aliphatic heterocycles. The minimum Gasteiger partial charge on any atom is -0.492 e. The maximum absolute atomic E-state index is 11.4. The molecule has 22 heavy (non-hydrogen) atoms. The molecule has 2 aromatic rings. The van der Waals surface area contributed by atoms with E-state index in [-0.39, 0.29) is 5.78 Å². The van der Waals surface area contributed by atoms with Crippen molar-refractivity contribution in [2.45, 2.75) is 6.92 Å². The molecule has 0 heterocycles. The fourth-order valence-corrected chi connectivity index (χ4v) is 2.10. The molecule has 0 aliphatic rings. The van der Waals surface area contributed by atoms with Gasteiger partial charge in [-0.05, 0) is 43.3 Å². The molecule has 0 aliphatic carbocycles. The number of ether oxygens (including phenoxy) is 1. The monoisotopic (exact) mass is 314 g/mol. The summed E-state index contributed by atoms with van der Waals surface area (Å²) in [6.45, 7) is 2.41. The first-order valence-electron chi connectivity index (χ1n) is 6.77. The third-order valence-corrected chi connectivity index (χ3v) is 3.26. The Kier molecular flexibility index (Phi) is 5.40. The third kappa shape index (κ3) is 4.24. The number of Topliss-reactive ketones (excluding diaryl/α,β-unsaturated/α-hetero) is 1. The van der Waals surface area contributed by atoms with Gasteiger partial charge < -0.3 is 10.1 Å². The predicted octanol–water partition coefficient (Wildman–Crippen LogP) is 3.91. The van der Waals surface area contributed by atoms with Crippen molar-refractivity contribution in [2.75, 3.05) is 18.5 Å². The SMILES string of the molecule is CC(=O)c1ccc(C#N)c(NCCOc2cccc(Cl)c2)c1. The Hall–Kier alpha value is -2.51. The van der Waals surface area contributed by atoms with E-state index in [2.05, 4.69) is 11.4 Å². The summed E-state index contributed by atoms with van der Waals surface area (Å²) in [5.74, 6) is 0.648. The van der Waals surface area contributed by atoms with Crippen LogP contribution < -0.4 is 10.1 Å². The van der Waals surface area contributed by atoms with Gasteiger partial charge in [-0.3, -0.25) is 4.79 Å². The van der Waals surface area contributed by atoms with E-state index >= 15 is 0 Å². The summed E-state index contributed by atoms with van der Waals surface area (Å²) in [5.41, 5.74) is 1.69. The van der Waals surface area contributed by atoms with Gasteiger partial charge in [-0.15, -0.1) is 0 Å². The Morgan fingerprint density at radius 2 is 2.14 bits per heavy atom. The van der Waals surface area contributed by atoms with Crippen molar-refractivity contribution >= 4 is 23.1 Å². The van der Waals surface area contributed by atoms with Crippen molar-refractivity contribution in [3.63, 3.8) is 0 Å². The van der Waals surface area contributed by atoms with E-state index < -0.39 is 0 Å². The second-order valence-electron chi connectivity index (χ2n) is 4.66. The Bertz CT molecular complexity index is 723. The van der Waals surface area contributed by atoms with Gasteiger partial charge >= 0.3 is 0 Å². The molecule has 1 N–H and O–H groups in total. The number of nitrogens with one attached hydrogen (secondary N) is 1. The molecule has 0 saturated carbocycles. The lowest BCUT2D eigenvalue weighted by Crippen LogP contribution is -2.12. The lowest BCUT2D eigenvalue weighted by atomic mass is 10.1. The summed E-state index contributed by atoms with van der Waals surface area (Å²) in [6.07, 6.45) is 0. The lowest BCUT2D eigenvalue weighted by molar-refractivity contribution is 0.101. The quantitative estimate of drug-likeness (QED) is 0.648. The van der Waals surface area contributed by atoms with Crippen molar-refractivity contribution in [3.05, 3.63) is 58.6 Å². The maximum Gasteiger partial charge on any atom is 0.159 e. The highest BCUT2D eigenvalue weighted by Crippen LogP contribution is 2.18. The van der Waals surface area contributed by atoms with Gasteiger partial charge in [-0.25, -0.2) is 0 Å². The number of carbonyl (C=O) groups excluding carboxylic acids is 1. The summed E-state index contributed by atoms with van der Waals surface area (Å²) in [4.78, 5) is 11.4. The Morgan fingerprint density at radius 3 is 2.82 bits per heavy atom. The van der Waals surface area contributed by atoms with Crippen LogP contribution in [0.5, 0.6) is 5.75 Å². The maximum atomic E-state index is 11.4. The highest BCUT2D eigenvalue weighted by Gasteiger charge is 2.06. The van der Waals surface area contributed by atoms with E-state index in [4.69, 9.17) is 21.6 Å². The predicted molar refractivity (Wildman–Crippen MR) is 86.6 cm³/mol. The van der Waals surface area contributed by atoms with Gasteiger partial charge in [0.1, 0.15) is 18.4 Å². The molecule has 5 heteroatoms. The first kappa shape index (κ1) is 15.9. The number of halogens is 1. The molecular formula is C17H15ClN2O2. The van der Waals surface area contributed by atoms with Crippen LogP contribution in [-0.4, -0.2) is 18.9 Å². The number of hydrogen-bond donors (Lipinski definition) is 1. The molecule has 0 spiro atoms. The second-order valence-corrected chi connectivity index (χ2v) is 5.10. The first-order valence-corrected chi connectivity index (χ1v) is 7.15. The standard InChI is InChI=1S/C17H15ClN2O2/c1-12(21)13-5-6-14(11-19)17(9-13)20-7-8-22-16-4-2-3-15(18)10-16/h2-6,9-10,20H,7-8H2,1H3. The number of hydrogen-bond acceptors (Lipinski definition) is 4. The van der Waals surface area contributed by atoms with Crippen molar-refractivity contribution in [2.24, 2.45) is 0 Å². The molecule has 0 radical (unpaired) electrons. The van der Waals surface area contributed by atoms with Crippen LogP contribution in [0.4, 0.5) is 5.69 Å². The molecule has 112 valence electrons. The smallest absolute Gasteiger partial charge is 0.159 e. The third-order valence-electron chi connectivity index (χ3n) is 3.03. The second kappa shape index (κ2) is 7.48. The Morgan fingerprint density at radius 1 is 1.32 bits per heavy atom. The number of carbonyl (C=O) groups is 1. The van der Waals surface area contributed by atoms with E-state index in [1.165, 1.54) is 6.92 Å². The van der Waals surface area contributed by atoms with Crippen LogP contribution in [0.15, 0.2) is 42.5 Å². The van der Waals surface area contributed by atoms with Crippen molar-refractivity contribution in [1.29, 1.82) is 5.26 Å². The Balaban J connectivity index is 1.95. The summed E-state index contributed by atoms with van der Waals surface area (Å²) < 4.78 is 5.56. The van der Waals surface area contributed by atoms with Gasteiger partial charge in [-0.2, -0.15) is 5.26 Å². The largest absolute Gasteiger partial charge is 0.492 e. The highest BCUT2D eigenvalue weighted by molar-refractivity contribution is 6.30. The van der Waals surface area contributed by atoms with Crippen LogP contribution in [-0.2, 0) is 0 Å². The zero-order valence-corrected chi connectivity index (χ0v) is 12.9. The summed E-state index contributed by atoms with van der Waals surface area (Å²) in [6, 6.07) is 14.2. The van der Waals surface area contributed by atoms with Gasteiger partial charge in [0, 0.05) is 17.1 Å². The van der Waals surface area contributed by atoms with E-state index in [0.717, 1.165) is 0 Å². The number of nitrogens with zero attached hydrogens (tertiary/aromatic N) is 1. The van der Waals surface area contributed by atoms with E-state index in [0.29, 0.717) is 40.7 Å². The number of ketones is 1. The minimum absolute atomic E-state index is 0.0392. The molecule has 0 aromatic heterocycles. The van der Waals surface area contributed by atoms with Gasteiger partial charge in [0.25, 0.3) is 0 Å². The van der Waals surface area contributed by atoms with Gasteiger partial charge in [0.15, 0.2) is 5.78 Å². The van der Waals surface area contributed by atoms with Gasteiger partial charge in [0.05, 0.1) is 11.3 Å². The molecule has 2 aromatic carbocycles. The number of benzene rings is 2. The molecule has 0 atom stereocenters. The van der Waals surface area contributed by atoms with Crippen LogP contribution in [0.1, 0.15) is 22.8 Å². The van der Waals surface area contributed by atoms with Crippen LogP contribution in [0.3, 0.4) is 0 Å². The van der Waals surface area contributed by atoms with Crippen LogP contribution in [0.2, 0.25) is 5.02 Å². The average molecular weight is 315 g/mol. The van der Waals surface area contributed by atoms with E-state index in [9.17, 15) is 4.79 Å². The number of anilines is 1. The fraction of sp³-hybridized carbons (Fsp3) is 0.176. The summed E-state index contributed by atoms with van der Waals surface area (Å²) in [7, 11) is 0. The molecule has 0 fully saturated rings. The summed E-state index contributed by atoms with van der Waals surface area (Å²) >= 11 is 5.88. The summed E-state index contributed by atoms with van der Waals surface area (Å²) in [5, 5.41) is 12.8. The topological polar surface area (TPSA) is 62.1 Å². The normalized spacial score (nSPS) is 9.86. The number of rotatable bonds is 6. The van der Waals surface area contributed by atoms with E-state index in [1.54, 1.807) is 30.3 Å². The van der Waals surface area contributed by atoms with Crippen LogP contribution >= 0.6 is 11.6 Å². The molecule has 4 nitrogen and oxygen atoms in total. The number of nitriles is 1. The molecule has 0 saturated heterocycles. The molecular weight excluding hydrogens is 300 g/mol. The lowest BCUT2D eigenvalue weighted by Gasteiger charge is -2.11. The zero-order chi connectivity index (χ0) is 15.9. The fourth-order valence-electron chi connectivity index (χ4n) is 1.92. The first-order chi connectivity index (χ1) is 10.6. The average Bonchev–Trinajstić information content (AvgIpc) is 2.51. The van der Waals surface area contributed by atoms with Crippen molar-refractivity contribution < 1.29 is 9.53 Å². The Labute approximate surface area is 134 Å². The molecule has 2 rings (SSSR count). The van der Waals surface area contributed by atoms with Crippen molar-refractivity contribution in [3.8, 4) is 11.8 Å². The minimum atomic E-state index is -0.0392. The zero-order valence-electron chi connectivity index (χ0n) is 12.1. The van der Waals surface area contributed by atoms with Crippen LogP contribution in [0, 0.1) is 11.3 Å². The van der Waals surface area contributed by atoms with Crippen molar-refractivity contribution in [1.82, 2.24) is 0 Å². The highest BCUT2D eigenvalue weighted by atomic mass is 35.5. The molecule has 0 amide bonds.